The van der Waals surface area contributed by atoms with E-state index in [1.165, 1.54) is 18.5 Å². The fourth-order valence-electron chi connectivity index (χ4n) is 2.26. The fourth-order valence-corrected chi connectivity index (χ4v) is 2.26. The third-order valence-electron chi connectivity index (χ3n) is 3.19. The fraction of sp³-hybridized carbons (Fsp3) is 0.571. The lowest BCUT2D eigenvalue weighted by Crippen LogP contribution is -2.39. The molecule has 0 aliphatic carbocycles. The first-order chi connectivity index (χ1) is 8.24. The van der Waals surface area contributed by atoms with E-state index >= 15 is 0 Å². The minimum atomic E-state index is 0.257. The molecule has 1 aliphatic heterocycles. The van der Waals surface area contributed by atoms with E-state index in [1.54, 1.807) is 0 Å². The Morgan fingerprint density at radius 2 is 2.29 bits per heavy atom. The van der Waals surface area contributed by atoms with Gasteiger partial charge in [0.05, 0.1) is 12.2 Å². The number of hydrogen-bond acceptors (Lipinski definition) is 3. The summed E-state index contributed by atoms with van der Waals surface area (Å²) in [7, 11) is 0. The van der Waals surface area contributed by atoms with E-state index in [0.29, 0.717) is 6.54 Å². The maximum atomic E-state index is 5.89. The van der Waals surface area contributed by atoms with Gasteiger partial charge in [-0.05, 0) is 31.0 Å². The molecule has 2 rings (SSSR count). The summed E-state index contributed by atoms with van der Waals surface area (Å²) in [6.45, 7) is 7.01. The van der Waals surface area contributed by atoms with Gasteiger partial charge in [-0.15, -0.1) is 0 Å². The van der Waals surface area contributed by atoms with Crippen molar-refractivity contribution >= 4 is 5.69 Å². The van der Waals surface area contributed by atoms with Gasteiger partial charge in [0.25, 0.3) is 0 Å². The van der Waals surface area contributed by atoms with Crippen LogP contribution in [0.4, 0.5) is 5.69 Å². The summed E-state index contributed by atoms with van der Waals surface area (Å²) in [6, 6.07) is 6.31. The van der Waals surface area contributed by atoms with Gasteiger partial charge in [-0.25, -0.2) is 0 Å². The normalized spacial score (nSPS) is 18.8. The van der Waals surface area contributed by atoms with Crippen molar-refractivity contribution in [3.8, 4) is 5.75 Å². The van der Waals surface area contributed by atoms with Crippen molar-refractivity contribution in [1.29, 1.82) is 0 Å². The second-order valence-corrected chi connectivity index (χ2v) is 4.73. The Bertz CT molecular complexity index is 378. The van der Waals surface area contributed by atoms with E-state index in [-0.39, 0.29) is 6.10 Å². The third-order valence-corrected chi connectivity index (χ3v) is 3.19. The molecule has 0 fully saturated rings. The van der Waals surface area contributed by atoms with Crippen molar-refractivity contribution in [2.45, 2.75) is 39.3 Å². The molecule has 1 heterocycles. The maximum Gasteiger partial charge on any atom is 0.143 e. The Morgan fingerprint density at radius 1 is 1.47 bits per heavy atom. The molecule has 0 saturated heterocycles. The molecule has 3 heteroatoms. The molecule has 0 saturated carbocycles. The molecule has 1 aromatic carbocycles. The molecular weight excluding hydrogens is 212 g/mol. The number of benzene rings is 1. The summed E-state index contributed by atoms with van der Waals surface area (Å²) in [5.74, 6) is 0.989. The topological polar surface area (TPSA) is 38.5 Å². The quantitative estimate of drug-likeness (QED) is 0.870. The van der Waals surface area contributed by atoms with Crippen LogP contribution in [0.15, 0.2) is 18.2 Å². The summed E-state index contributed by atoms with van der Waals surface area (Å²) in [6.07, 6.45) is 2.71. The smallest absolute Gasteiger partial charge is 0.143 e. The molecule has 0 bridgehead atoms. The lowest BCUT2D eigenvalue weighted by atomic mass is 10.1. The first kappa shape index (κ1) is 12.2. The van der Waals surface area contributed by atoms with E-state index in [0.717, 1.165) is 24.4 Å². The van der Waals surface area contributed by atoms with Crippen LogP contribution in [0.5, 0.6) is 5.75 Å². The first-order valence-corrected chi connectivity index (χ1v) is 6.49. The van der Waals surface area contributed by atoms with Crippen LogP contribution >= 0.6 is 0 Å². The molecule has 94 valence electrons. The minimum Gasteiger partial charge on any atom is -0.487 e. The predicted molar refractivity (Wildman–Crippen MR) is 71.5 cm³/mol. The molecule has 0 spiro atoms. The Balaban J connectivity index is 2.23. The Morgan fingerprint density at radius 3 is 3.00 bits per heavy atom. The number of nitrogens with zero attached hydrogens (tertiary/aromatic N) is 1. The minimum absolute atomic E-state index is 0.257. The molecule has 1 unspecified atom stereocenters. The van der Waals surface area contributed by atoms with Crippen LogP contribution in [0, 0.1) is 0 Å². The van der Waals surface area contributed by atoms with Crippen LogP contribution in [0.3, 0.4) is 0 Å². The van der Waals surface area contributed by atoms with Crippen molar-refractivity contribution in [3.63, 3.8) is 0 Å². The highest BCUT2D eigenvalue weighted by molar-refractivity contribution is 5.61. The second kappa shape index (κ2) is 5.41. The van der Waals surface area contributed by atoms with Gasteiger partial charge in [-0.2, -0.15) is 0 Å². The zero-order valence-electron chi connectivity index (χ0n) is 10.8. The lowest BCUT2D eigenvalue weighted by molar-refractivity contribution is 0.212. The monoisotopic (exact) mass is 234 g/mol. The van der Waals surface area contributed by atoms with E-state index in [4.69, 9.17) is 10.5 Å². The molecule has 17 heavy (non-hydrogen) atoms. The van der Waals surface area contributed by atoms with E-state index in [9.17, 15) is 0 Å². The largest absolute Gasteiger partial charge is 0.487 e. The lowest BCUT2D eigenvalue weighted by Gasteiger charge is -2.35. The predicted octanol–water partition coefficient (Wildman–Crippen LogP) is 2.53. The molecule has 2 N–H and O–H groups in total. The Kier molecular flexibility index (Phi) is 3.89. The number of hydrogen-bond donors (Lipinski definition) is 1. The standard InChI is InChI=1S/C14H22N2O/c1-3-4-7-16-10-11(2)17-14-8-12(9-15)5-6-13(14)16/h5-6,8,11H,3-4,7,9-10,15H2,1-2H3. The summed E-state index contributed by atoms with van der Waals surface area (Å²) in [5, 5.41) is 0. The van der Waals surface area contributed by atoms with Crippen molar-refractivity contribution in [2.24, 2.45) is 5.73 Å². The van der Waals surface area contributed by atoms with Gasteiger partial charge in [0.2, 0.25) is 0 Å². The van der Waals surface area contributed by atoms with Gasteiger partial charge in [0.1, 0.15) is 11.9 Å². The van der Waals surface area contributed by atoms with Crippen LogP contribution in [-0.2, 0) is 6.54 Å². The molecular formula is C14H22N2O. The maximum absolute atomic E-state index is 5.89. The molecule has 0 radical (unpaired) electrons. The molecule has 0 aromatic heterocycles. The molecule has 1 atom stereocenters. The summed E-state index contributed by atoms with van der Waals surface area (Å²) in [4.78, 5) is 2.42. The van der Waals surface area contributed by atoms with Crippen molar-refractivity contribution in [1.82, 2.24) is 0 Å². The highest BCUT2D eigenvalue weighted by Gasteiger charge is 2.22. The van der Waals surface area contributed by atoms with E-state index in [1.807, 2.05) is 0 Å². The average molecular weight is 234 g/mol. The number of ether oxygens (including phenoxy) is 1. The van der Waals surface area contributed by atoms with Crippen molar-refractivity contribution in [3.05, 3.63) is 23.8 Å². The first-order valence-electron chi connectivity index (χ1n) is 6.49. The molecule has 0 amide bonds. The second-order valence-electron chi connectivity index (χ2n) is 4.73. The zero-order chi connectivity index (χ0) is 12.3. The summed E-state index contributed by atoms with van der Waals surface area (Å²) in [5.41, 5.74) is 8.01. The van der Waals surface area contributed by atoms with Gasteiger partial charge in [-0.1, -0.05) is 19.4 Å². The number of fused-ring (bicyclic) bond motifs is 1. The van der Waals surface area contributed by atoms with Gasteiger partial charge >= 0.3 is 0 Å². The number of rotatable bonds is 4. The van der Waals surface area contributed by atoms with Crippen LogP contribution in [-0.4, -0.2) is 19.2 Å². The van der Waals surface area contributed by atoms with E-state index in [2.05, 4.69) is 36.9 Å². The van der Waals surface area contributed by atoms with E-state index < -0.39 is 0 Å². The number of unbranched alkanes of at least 4 members (excludes halogenated alkanes) is 1. The molecule has 1 aromatic rings. The highest BCUT2D eigenvalue weighted by Crippen LogP contribution is 2.34. The number of anilines is 1. The van der Waals surface area contributed by atoms with Crippen LogP contribution < -0.4 is 15.4 Å². The third kappa shape index (κ3) is 2.72. The molecule has 1 aliphatic rings. The Hall–Kier alpha value is -1.22. The zero-order valence-corrected chi connectivity index (χ0v) is 10.8. The Labute approximate surface area is 104 Å². The average Bonchev–Trinajstić information content (AvgIpc) is 2.34. The summed E-state index contributed by atoms with van der Waals surface area (Å²) < 4.78 is 5.89. The highest BCUT2D eigenvalue weighted by atomic mass is 16.5. The van der Waals surface area contributed by atoms with Gasteiger partial charge in [0.15, 0.2) is 0 Å². The van der Waals surface area contributed by atoms with Crippen molar-refractivity contribution in [2.75, 3.05) is 18.0 Å². The van der Waals surface area contributed by atoms with Crippen LogP contribution in [0.1, 0.15) is 32.3 Å². The van der Waals surface area contributed by atoms with Gasteiger partial charge < -0.3 is 15.4 Å². The SMILES string of the molecule is CCCCN1CC(C)Oc2cc(CN)ccc21. The molecule has 3 nitrogen and oxygen atoms in total. The number of nitrogens with two attached hydrogens (primary N) is 1. The summed E-state index contributed by atoms with van der Waals surface area (Å²) >= 11 is 0. The van der Waals surface area contributed by atoms with Gasteiger partial charge in [0, 0.05) is 13.1 Å². The van der Waals surface area contributed by atoms with Crippen LogP contribution in [0.25, 0.3) is 0 Å². The van der Waals surface area contributed by atoms with Crippen LogP contribution in [0.2, 0.25) is 0 Å². The van der Waals surface area contributed by atoms with Crippen molar-refractivity contribution < 1.29 is 4.74 Å². The van der Waals surface area contributed by atoms with Gasteiger partial charge in [-0.3, -0.25) is 0 Å².